The average Bonchev–Trinajstić information content (AvgIpc) is 3.02. The molecule has 1 heterocycles. The molecule has 0 aliphatic heterocycles. The Hall–Kier alpha value is -2.14. The molecule has 4 nitrogen and oxygen atoms in total. The molecule has 0 aliphatic carbocycles. The van der Waals surface area contributed by atoms with Gasteiger partial charge in [-0.2, -0.15) is 0 Å². The van der Waals surface area contributed by atoms with Gasteiger partial charge in [-0.1, -0.05) is 38.1 Å². The lowest BCUT2D eigenvalue weighted by Gasteiger charge is -2.09. The van der Waals surface area contributed by atoms with Crippen molar-refractivity contribution in [2.24, 2.45) is 0 Å². The number of furan rings is 1. The summed E-state index contributed by atoms with van der Waals surface area (Å²) in [6, 6.07) is 10.9. The van der Waals surface area contributed by atoms with Crippen molar-refractivity contribution in [3.63, 3.8) is 0 Å². The number of carbonyl (C=O) groups is 2. The largest absolute Gasteiger partial charge is 0.454 e. The van der Waals surface area contributed by atoms with Gasteiger partial charge in [0.1, 0.15) is 5.76 Å². The minimum Gasteiger partial charge on any atom is -0.454 e. The van der Waals surface area contributed by atoms with Crippen molar-refractivity contribution in [3.8, 4) is 0 Å². The standard InChI is InChI=1S/C19H19BrO4/c1-3-13(2)14-4-6-15(7-5-14)17(21)12-23-19(22)11-9-16-8-10-18(20)24-16/h4-11,13H,3,12H2,1-2H3/b11-9+/t13-/m0/s1. The zero-order valence-corrected chi connectivity index (χ0v) is 15.2. The van der Waals surface area contributed by atoms with Crippen LogP contribution >= 0.6 is 15.9 Å². The fraction of sp³-hybridized carbons (Fsp3) is 0.263. The van der Waals surface area contributed by atoms with Gasteiger partial charge in [-0.25, -0.2) is 4.79 Å². The maximum atomic E-state index is 12.1. The molecule has 1 atom stereocenters. The Kier molecular flexibility index (Phi) is 6.55. The Morgan fingerprint density at radius 1 is 1.21 bits per heavy atom. The molecule has 1 aromatic carbocycles. The molecule has 0 saturated carbocycles. The molecule has 2 aromatic rings. The van der Waals surface area contributed by atoms with Crippen LogP contribution < -0.4 is 0 Å². The van der Waals surface area contributed by atoms with Crippen molar-refractivity contribution in [3.05, 3.63) is 64.0 Å². The third-order valence-corrected chi connectivity index (χ3v) is 4.16. The van der Waals surface area contributed by atoms with E-state index in [9.17, 15) is 9.59 Å². The molecule has 0 N–H and O–H groups in total. The molecule has 0 spiro atoms. The van der Waals surface area contributed by atoms with Gasteiger partial charge in [0.2, 0.25) is 0 Å². The molecule has 0 bridgehead atoms. The van der Waals surface area contributed by atoms with Crippen LogP contribution in [-0.2, 0) is 9.53 Å². The summed E-state index contributed by atoms with van der Waals surface area (Å²) in [5.74, 6) is 0.157. The quantitative estimate of drug-likeness (QED) is 0.379. The average molecular weight is 391 g/mol. The summed E-state index contributed by atoms with van der Waals surface area (Å²) in [7, 11) is 0. The van der Waals surface area contributed by atoms with Gasteiger partial charge in [0.15, 0.2) is 17.1 Å². The van der Waals surface area contributed by atoms with Crippen molar-refractivity contribution in [2.45, 2.75) is 26.2 Å². The van der Waals surface area contributed by atoms with Crippen molar-refractivity contribution in [2.75, 3.05) is 6.61 Å². The second kappa shape index (κ2) is 8.64. The number of esters is 1. The van der Waals surface area contributed by atoms with E-state index in [2.05, 4.69) is 29.8 Å². The van der Waals surface area contributed by atoms with Crippen molar-refractivity contribution in [1.29, 1.82) is 0 Å². The monoisotopic (exact) mass is 390 g/mol. The molecule has 2 rings (SSSR count). The Bertz CT molecular complexity index is 728. The molecular formula is C19H19BrO4. The van der Waals surface area contributed by atoms with E-state index in [0.717, 1.165) is 6.42 Å². The summed E-state index contributed by atoms with van der Waals surface area (Å²) in [6.45, 7) is 3.98. The second-order valence-corrected chi connectivity index (χ2v) is 6.22. The number of benzene rings is 1. The number of hydrogen-bond acceptors (Lipinski definition) is 4. The van der Waals surface area contributed by atoms with Crippen molar-refractivity contribution >= 4 is 33.8 Å². The first-order chi connectivity index (χ1) is 11.5. The normalized spacial score (nSPS) is 12.3. The molecule has 126 valence electrons. The van der Waals surface area contributed by atoms with Gasteiger partial charge in [0.05, 0.1) is 0 Å². The molecule has 5 heteroatoms. The predicted molar refractivity (Wildman–Crippen MR) is 95.9 cm³/mol. The van der Waals surface area contributed by atoms with E-state index in [1.54, 1.807) is 24.3 Å². The van der Waals surface area contributed by atoms with Gasteiger partial charge >= 0.3 is 5.97 Å². The maximum absolute atomic E-state index is 12.1. The van der Waals surface area contributed by atoms with E-state index < -0.39 is 5.97 Å². The molecular weight excluding hydrogens is 372 g/mol. The number of Topliss-reactive ketones (excluding diaryl/α,β-unsaturated/α-hetero) is 1. The third-order valence-electron chi connectivity index (χ3n) is 3.74. The van der Waals surface area contributed by atoms with E-state index in [4.69, 9.17) is 9.15 Å². The molecule has 0 saturated heterocycles. The summed E-state index contributed by atoms with van der Waals surface area (Å²) >= 11 is 3.17. The van der Waals surface area contributed by atoms with Crippen LogP contribution in [0.1, 0.15) is 47.9 Å². The van der Waals surface area contributed by atoms with Gasteiger partial charge < -0.3 is 9.15 Å². The second-order valence-electron chi connectivity index (χ2n) is 5.44. The predicted octanol–water partition coefficient (Wildman–Crippen LogP) is 4.99. The summed E-state index contributed by atoms with van der Waals surface area (Å²) in [6.07, 6.45) is 3.76. The molecule has 0 radical (unpaired) electrons. The van der Waals surface area contributed by atoms with Crippen LogP contribution in [0.2, 0.25) is 0 Å². The Morgan fingerprint density at radius 2 is 1.92 bits per heavy atom. The molecule has 0 fully saturated rings. The van der Waals surface area contributed by atoms with Crippen LogP contribution in [0.3, 0.4) is 0 Å². The van der Waals surface area contributed by atoms with Crippen LogP contribution in [-0.4, -0.2) is 18.4 Å². The Balaban J connectivity index is 1.86. The third kappa shape index (κ3) is 5.20. The fourth-order valence-corrected chi connectivity index (χ4v) is 2.39. The van der Waals surface area contributed by atoms with Crippen molar-refractivity contribution < 1.29 is 18.7 Å². The highest BCUT2D eigenvalue weighted by Gasteiger charge is 2.10. The minimum atomic E-state index is -0.591. The lowest BCUT2D eigenvalue weighted by Crippen LogP contribution is -2.12. The van der Waals surface area contributed by atoms with Gasteiger partial charge in [-0.15, -0.1) is 0 Å². The maximum Gasteiger partial charge on any atom is 0.331 e. The molecule has 0 aliphatic rings. The van der Waals surface area contributed by atoms with Gasteiger partial charge in [0.25, 0.3) is 0 Å². The zero-order chi connectivity index (χ0) is 17.5. The lowest BCUT2D eigenvalue weighted by atomic mass is 9.97. The van der Waals surface area contributed by atoms with Crippen LogP contribution in [0.15, 0.2) is 51.6 Å². The number of carbonyl (C=O) groups excluding carboxylic acids is 2. The van der Waals surface area contributed by atoms with Gasteiger partial charge in [0, 0.05) is 11.6 Å². The molecule has 0 amide bonds. The summed E-state index contributed by atoms with van der Waals surface area (Å²) < 4.78 is 10.8. The highest BCUT2D eigenvalue weighted by atomic mass is 79.9. The first-order valence-corrected chi connectivity index (χ1v) is 8.52. The number of rotatable bonds is 7. The topological polar surface area (TPSA) is 56.5 Å². The fourth-order valence-electron chi connectivity index (χ4n) is 2.07. The highest BCUT2D eigenvalue weighted by molar-refractivity contribution is 9.10. The summed E-state index contributed by atoms with van der Waals surface area (Å²) in [5.41, 5.74) is 1.73. The number of halogens is 1. The smallest absolute Gasteiger partial charge is 0.331 e. The SMILES string of the molecule is CC[C@H](C)c1ccc(C(=O)COC(=O)/C=C/c2ccc(Br)o2)cc1. The Morgan fingerprint density at radius 3 is 2.50 bits per heavy atom. The van der Waals surface area contributed by atoms with Gasteiger partial charge in [-0.05, 0) is 52.0 Å². The van der Waals surface area contributed by atoms with E-state index in [1.807, 2.05) is 12.1 Å². The number of ketones is 1. The van der Waals surface area contributed by atoms with Gasteiger partial charge in [-0.3, -0.25) is 4.79 Å². The van der Waals surface area contributed by atoms with E-state index in [0.29, 0.717) is 21.9 Å². The number of hydrogen-bond donors (Lipinski definition) is 0. The van der Waals surface area contributed by atoms with E-state index in [1.165, 1.54) is 17.7 Å². The number of ether oxygens (including phenoxy) is 1. The Labute approximate surface area is 149 Å². The molecule has 0 unspecified atom stereocenters. The van der Waals surface area contributed by atoms with Crippen molar-refractivity contribution in [1.82, 2.24) is 0 Å². The summed E-state index contributed by atoms with van der Waals surface area (Å²) in [5, 5.41) is 0. The summed E-state index contributed by atoms with van der Waals surface area (Å²) in [4.78, 5) is 23.7. The first-order valence-electron chi connectivity index (χ1n) is 7.73. The van der Waals surface area contributed by atoms with Crippen LogP contribution in [0.5, 0.6) is 0 Å². The zero-order valence-electron chi connectivity index (χ0n) is 13.6. The van der Waals surface area contributed by atoms with Crippen LogP contribution in [0.25, 0.3) is 6.08 Å². The molecule has 1 aromatic heterocycles. The minimum absolute atomic E-state index is 0.229. The lowest BCUT2D eigenvalue weighted by molar-refractivity contribution is -0.136. The molecule has 24 heavy (non-hydrogen) atoms. The van der Waals surface area contributed by atoms with Crippen LogP contribution in [0, 0.1) is 0 Å². The highest BCUT2D eigenvalue weighted by Crippen LogP contribution is 2.19. The van der Waals surface area contributed by atoms with E-state index in [-0.39, 0.29) is 12.4 Å². The first kappa shape index (κ1) is 18.2. The van der Waals surface area contributed by atoms with E-state index >= 15 is 0 Å². The van der Waals surface area contributed by atoms with Crippen LogP contribution in [0.4, 0.5) is 0 Å².